The van der Waals surface area contributed by atoms with Gasteiger partial charge in [0, 0.05) is 25.7 Å². The van der Waals surface area contributed by atoms with Gasteiger partial charge in [-0.25, -0.2) is 0 Å². The Morgan fingerprint density at radius 3 is 2.71 bits per heavy atom. The van der Waals surface area contributed by atoms with E-state index in [1.165, 1.54) is 0 Å². The minimum atomic E-state index is -3.20. The molecule has 2 fully saturated rings. The molecule has 2 heterocycles. The van der Waals surface area contributed by atoms with Crippen LogP contribution < -0.4 is 0 Å². The zero-order chi connectivity index (χ0) is 11.9. The lowest BCUT2D eigenvalue weighted by molar-refractivity contribution is 0.405. The molecule has 2 aliphatic rings. The van der Waals surface area contributed by atoms with Gasteiger partial charge in [0.2, 0.25) is 0 Å². The summed E-state index contributed by atoms with van der Waals surface area (Å²) in [5.74, 6) is 0. The summed E-state index contributed by atoms with van der Waals surface area (Å²) in [6.45, 7) is 1.84. The molecule has 0 aromatic heterocycles. The zero-order valence-corrected chi connectivity index (χ0v) is 10.4. The highest BCUT2D eigenvalue weighted by molar-refractivity contribution is 7.87. The monoisotopic (exact) mass is 252 g/mol. The Balaban J connectivity index is 1.82. The lowest BCUT2D eigenvalue weighted by Crippen LogP contribution is -2.32. The van der Waals surface area contributed by atoms with Crippen LogP contribution in [-0.2, 0) is 16.8 Å². The highest BCUT2D eigenvalue weighted by Crippen LogP contribution is 2.31. The molecule has 4 nitrogen and oxygen atoms in total. The third kappa shape index (κ3) is 1.88. The Hall–Kier alpha value is -0.910. The molecule has 92 valence electrons. The Morgan fingerprint density at radius 1 is 1.24 bits per heavy atom. The van der Waals surface area contributed by atoms with Crippen LogP contribution in [0, 0.1) is 0 Å². The molecule has 0 amide bonds. The Kier molecular flexibility index (Phi) is 2.69. The van der Waals surface area contributed by atoms with Crippen molar-refractivity contribution in [1.29, 1.82) is 0 Å². The van der Waals surface area contributed by atoms with Crippen LogP contribution in [0.4, 0.5) is 0 Å². The van der Waals surface area contributed by atoms with Crippen molar-refractivity contribution in [2.24, 2.45) is 0 Å². The van der Waals surface area contributed by atoms with Crippen molar-refractivity contribution in [3.05, 3.63) is 35.9 Å². The third-order valence-corrected chi connectivity index (χ3v) is 5.57. The first-order chi connectivity index (χ1) is 8.18. The quantitative estimate of drug-likeness (QED) is 0.794. The molecule has 1 aromatic carbocycles. The van der Waals surface area contributed by atoms with Crippen LogP contribution in [-0.4, -0.2) is 36.2 Å². The first-order valence-electron chi connectivity index (χ1n) is 5.99. The predicted octanol–water partition coefficient (Wildman–Crippen LogP) is 1.21. The van der Waals surface area contributed by atoms with E-state index >= 15 is 0 Å². The molecule has 0 spiro atoms. The van der Waals surface area contributed by atoms with Gasteiger partial charge in [-0.3, -0.25) is 0 Å². The Bertz CT molecular complexity index is 500. The summed E-state index contributed by atoms with van der Waals surface area (Å²) in [7, 11) is -3.20. The maximum atomic E-state index is 12.2. The molecule has 0 bridgehead atoms. The van der Waals surface area contributed by atoms with E-state index < -0.39 is 10.2 Å². The first-order valence-corrected chi connectivity index (χ1v) is 7.38. The number of hydrogen-bond donors (Lipinski definition) is 0. The van der Waals surface area contributed by atoms with E-state index in [4.69, 9.17) is 0 Å². The minimum Gasteiger partial charge on any atom is -0.195 e. The third-order valence-electron chi connectivity index (χ3n) is 3.56. The highest BCUT2D eigenvalue weighted by Gasteiger charge is 2.45. The van der Waals surface area contributed by atoms with Gasteiger partial charge in [0.15, 0.2) is 0 Å². The summed E-state index contributed by atoms with van der Waals surface area (Å²) in [6, 6.07) is 9.99. The van der Waals surface area contributed by atoms with Crippen LogP contribution in [0.25, 0.3) is 0 Å². The van der Waals surface area contributed by atoms with Crippen molar-refractivity contribution in [3.8, 4) is 0 Å². The second kappa shape index (κ2) is 4.08. The molecule has 0 aliphatic carbocycles. The maximum absolute atomic E-state index is 12.2. The molecular weight excluding hydrogens is 236 g/mol. The van der Waals surface area contributed by atoms with Crippen molar-refractivity contribution in [3.63, 3.8) is 0 Å². The summed E-state index contributed by atoms with van der Waals surface area (Å²) in [4.78, 5) is 0. The second-order valence-electron chi connectivity index (χ2n) is 4.69. The smallest absolute Gasteiger partial charge is 0.195 e. The summed E-state index contributed by atoms with van der Waals surface area (Å²) in [6.07, 6.45) is 2.01. The Morgan fingerprint density at radius 2 is 2.00 bits per heavy atom. The fraction of sp³-hybridized carbons (Fsp3) is 0.500. The van der Waals surface area contributed by atoms with Crippen molar-refractivity contribution in [2.45, 2.75) is 25.4 Å². The highest BCUT2D eigenvalue weighted by atomic mass is 32.2. The largest absolute Gasteiger partial charge is 0.282 e. The zero-order valence-electron chi connectivity index (χ0n) is 9.62. The van der Waals surface area contributed by atoms with Crippen molar-refractivity contribution >= 4 is 10.2 Å². The molecule has 0 N–H and O–H groups in total. The molecule has 17 heavy (non-hydrogen) atoms. The van der Waals surface area contributed by atoms with Crippen molar-refractivity contribution in [1.82, 2.24) is 8.61 Å². The molecule has 1 atom stereocenters. The summed E-state index contributed by atoms with van der Waals surface area (Å²) >= 11 is 0. The summed E-state index contributed by atoms with van der Waals surface area (Å²) in [5.41, 5.74) is 1.05. The van der Waals surface area contributed by atoms with Gasteiger partial charge in [-0.05, 0) is 18.4 Å². The van der Waals surface area contributed by atoms with E-state index in [1.54, 1.807) is 8.61 Å². The van der Waals surface area contributed by atoms with Gasteiger partial charge >= 0.3 is 0 Å². The van der Waals surface area contributed by atoms with Crippen molar-refractivity contribution in [2.75, 3.05) is 13.1 Å². The fourth-order valence-electron chi connectivity index (χ4n) is 2.71. The number of fused-ring (bicyclic) bond motifs is 1. The van der Waals surface area contributed by atoms with Crippen LogP contribution in [0.15, 0.2) is 30.3 Å². The molecule has 0 radical (unpaired) electrons. The Labute approximate surface area is 102 Å². The number of hydrogen-bond acceptors (Lipinski definition) is 2. The molecular formula is C12H16N2O2S. The van der Waals surface area contributed by atoms with Gasteiger partial charge < -0.3 is 0 Å². The molecule has 5 heteroatoms. The molecule has 1 unspecified atom stereocenters. The summed E-state index contributed by atoms with van der Waals surface area (Å²) in [5, 5.41) is 0. The SMILES string of the molecule is O=S1(=O)N(Cc2ccccc2)CC2CCCN21. The standard InChI is InChI=1S/C12H16N2O2S/c15-17(16)13(9-11-5-2-1-3-6-11)10-12-7-4-8-14(12)17/h1-3,5-6,12H,4,7-10H2. The lowest BCUT2D eigenvalue weighted by atomic mass is 10.2. The number of rotatable bonds is 2. The molecule has 3 rings (SSSR count). The van der Waals surface area contributed by atoms with Crippen LogP contribution in [0.2, 0.25) is 0 Å². The first kappa shape index (κ1) is 11.2. The van der Waals surface area contributed by atoms with Gasteiger partial charge in [0.05, 0.1) is 0 Å². The molecule has 1 aromatic rings. The van der Waals surface area contributed by atoms with Gasteiger partial charge in [-0.1, -0.05) is 30.3 Å². The maximum Gasteiger partial charge on any atom is 0.282 e. The normalized spacial score (nSPS) is 28.4. The van der Waals surface area contributed by atoms with Gasteiger partial charge in [-0.2, -0.15) is 17.0 Å². The van der Waals surface area contributed by atoms with Gasteiger partial charge in [-0.15, -0.1) is 0 Å². The van der Waals surface area contributed by atoms with Crippen LogP contribution in [0.3, 0.4) is 0 Å². The molecule has 2 aliphatic heterocycles. The fourth-order valence-corrected chi connectivity index (χ4v) is 4.58. The van der Waals surface area contributed by atoms with E-state index in [9.17, 15) is 8.42 Å². The van der Waals surface area contributed by atoms with E-state index in [0.29, 0.717) is 19.6 Å². The van der Waals surface area contributed by atoms with E-state index in [2.05, 4.69) is 0 Å². The second-order valence-corrected chi connectivity index (χ2v) is 6.57. The molecule has 0 saturated carbocycles. The lowest BCUT2D eigenvalue weighted by Gasteiger charge is -2.17. The topological polar surface area (TPSA) is 40.6 Å². The van der Waals surface area contributed by atoms with Crippen LogP contribution in [0.1, 0.15) is 18.4 Å². The average Bonchev–Trinajstić information content (AvgIpc) is 2.85. The van der Waals surface area contributed by atoms with Crippen LogP contribution in [0.5, 0.6) is 0 Å². The number of benzene rings is 1. The van der Waals surface area contributed by atoms with E-state index in [0.717, 1.165) is 18.4 Å². The molecule has 2 saturated heterocycles. The van der Waals surface area contributed by atoms with Gasteiger partial charge in [0.1, 0.15) is 0 Å². The van der Waals surface area contributed by atoms with Crippen molar-refractivity contribution < 1.29 is 8.42 Å². The van der Waals surface area contributed by atoms with Gasteiger partial charge in [0.25, 0.3) is 10.2 Å². The van der Waals surface area contributed by atoms with E-state index in [1.807, 2.05) is 30.3 Å². The average molecular weight is 252 g/mol. The minimum absolute atomic E-state index is 0.212. The predicted molar refractivity (Wildman–Crippen MR) is 65.5 cm³/mol. The summed E-state index contributed by atoms with van der Waals surface area (Å²) < 4.78 is 27.7. The number of nitrogens with zero attached hydrogens (tertiary/aromatic N) is 2. The van der Waals surface area contributed by atoms with Crippen LogP contribution >= 0.6 is 0 Å². The van der Waals surface area contributed by atoms with E-state index in [-0.39, 0.29) is 6.04 Å².